The zero-order chi connectivity index (χ0) is 13.0. The minimum atomic E-state index is 0.328. The monoisotopic (exact) mass is 254 g/mol. The summed E-state index contributed by atoms with van der Waals surface area (Å²) in [6, 6.07) is 0.374. The fourth-order valence-electron chi connectivity index (χ4n) is 2.69. The van der Waals surface area contributed by atoms with Gasteiger partial charge < -0.3 is 15.1 Å². The Balaban J connectivity index is 1.75. The third-order valence-corrected chi connectivity index (χ3v) is 4.10. The van der Waals surface area contributed by atoms with E-state index < -0.39 is 0 Å². The first kappa shape index (κ1) is 13.8. The topological polar surface area (TPSA) is 38.8 Å². The molecule has 0 aliphatic carbocycles. The maximum Gasteiger partial charge on any atom is 0.224 e. The summed E-state index contributed by atoms with van der Waals surface area (Å²) in [5, 5.41) is 3.35. The molecule has 0 bridgehead atoms. The van der Waals surface area contributed by atoms with E-state index >= 15 is 0 Å². The SMILES string of the molecule is CC(CC(=O)N1CCN(C)CC1)N1CCNCC1. The lowest BCUT2D eigenvalue weighted by molar-refractivity contribution is -0.134. The molecule has 0 saturated carbocycles. The van der Waals surface area contributed by atoms with Gasteiger partial charge in [0.15, 0.2) is 0 Å². The van der Waals surface area contributed by atoms with E-state index in [0.717, 1.165) is 52.4 Å². The fraction of sp³-hybridized carbons (Fsp3) is 0.923. The number of nitrogens with zero attached hydrogens (tertiary/aromatic N) is 3. The van der Waals surface area contributed by atoms with Gasteiger partial charge in [-0.15, -0.1) is 0 Å². The van der Waals surface area contributed by atoms with Crippen molar-refractivity contribution in [2.45, 2.75) is 19.4 Å². The van der Waals surface area contributed by atoms with Gasteiger partial charge in [-0.05, 0) is 14.0 Å². The van der Waals surface area contributed by atoms with Crippen LogP contribution < -0.4 is 5.32 Å². The van der Waals surface area contributed by atoms with Crippen LogP contribution in [-0.4, -0.2) is 86.1 Å². The number of piperazine rings is 2. The molecule has 0 aromatic heterocycles. The largest absolute Gasteiger partial charge is 0.340 e. The van der Waals surface area contributed by atoms with Gasteiger partial charge in [0, 0.05) is 64.8 Å². The molecule has 2 saturated heterocycles. The molecular formula is C13H26N4O. The van der Waals surface area contributed by atoms with Gasteiger partial charge in [0.05, 0.1) is 0 Å². The van der Waals surface area contributed by atoms with Gasteiger partial charge >= 0.3 is 0 Å². The Kier molecular flexibility index (Phi) is 4.97. The number of nitrogens with one attached hydrogen (secondary N) is 1. The van der Waals surface area contributed by atoms with Gasteiger partial charge in [-0.3, -0.25) is 9.69 Å². The first-order valence-corrected chi connectivity index (χ1v) is 7.08. The lowest BCUT2D eigenvalue weighted by Gasteiger charge is -2.36. The number of hydrogen-bond donors (Lipinski definition) is 1. The van der Waals surface area contributed by atoms with Gasteiger partial charge in [0.25, 0.3) is 0 Å². The average molecular weight is 254 g/mol. The van der Waals surface area contributed by atoms with Crippen molar-refractivity contribution < 1.29 is 4.79 Å². The van der Waals surface area contributed by atoms with Crippen molar-refractivity contribution in [3.05, 3.63) is 0 Å². The number of rotatable bonds is 3. The summed E-state index contributed by atoms with van der Waals surface area (Å²) in [7, 11) is 2.12. The van der Waals surface area contributed by atoms with Crippen molar-refractivity contribution >= 4 is 5.91 Å². The predicted molar refractivity (Wildman–Crippen MR) is 72.6 cm³/mol. The van der Waals surface area contributed by atoms with Gasteiger partial charge in [-0.1, -0.05) is 0 Å². The molecular weight excluding hydrogens is 228 g/mol. The molecule has 18 heavy (non-hydrogen) atoms. The maximum atomic E-state index is 12.2. The second-order valence-electron chi connectivity index (χ2n) is 5.52. The van der Waals surface area contributed by atoms with E-state index in [-0.39, 0.29) is 0 Å². The van der Waals surface area contributed by atoms with E-state index in [1.165, 1.54) is 0 Å². The molecule has 1 amide bonds. The van der Waals surface area contributed by atoms with Crippen LogP contribution in [0.4, 0.5) is 0 Å². The Hall–Kier alpha value is -0.650. The molecule has 0 aromatic carbocycles. The molecule has 1 atom stereocenters. The van der Waals surface area contributed by atoms with Crippen LogP contribution in [0.15, 0.2) is 0 Å². The number of hydrogen-bond acceptors (Lipinski definition) is 4. The van der Waals surface area contributed by atoms with Crippen LogP contribution in [-0.2, 0) is 4.79 Å². The van der Waals surface area contributed by atoms with Crippen LogP contribution in [0.3, 0.4) is 0 Å². The second kappa shape index (κ2) is 6.50. The minimum absolute atomic E-state index is 0.328. The van der Waals surface area contributed by atoms with Gasteiger partial charge in [-0.25, -0.2) is 0 Å². The quantitative estimate of drug-likeness (QED) is 0.733. The van der Waals surface area contributed by atoms with Crippen LogP contribution >= 0.6 is 0 Å². The average Bonchev–Trinajstić information content (AvgIpc) is 2.40. The van der Waals surface area contributed by atoms with Crippen LogP contribution in [0.25, 0.3) is 0 Å². The molecule has 1 N–H and O–H groups in total. The van der Waals surface area contributed by atoms with Crippen molar-refractivity contribution in [1.29, 1.82) is 0 Å². The standard InChI is InChI=1S/C13H26N4O/c1-12(16-5-3-14-4-6-16)11-13(18)17-9-7-15(2)8-10-17/h12,14H,3-11H2,1-2H3. The summed E-state index contributed by atoms with van der Waals surface area (Å²) in [6.45, 7) is 10.2. The highest BCUT2D eigenvalue weighted by molar-refractivity contribution is 5.76. The van der Waals surface area contributed by atoms with Crippen LogP contribution in [0.1, 0.15) is 13.3 Å². The first-order valence-electron chi connectivity index (χ1n) is 7.08. The summed E-state index contributed by atoms with van der Waals surface area (Å²) in [5.74, 6) is 0.328. The zero-order valence-corrected chi connectivity index (χ0v) is 11.7. The summed E-state index contributed by atoms with van der Waals surface area (Å²) in [4.78, 5) is 19.0. The number of carbonyl (C=O) groups excluding carboxylic acids is 1. The Morgan fingerprint density at radius 3 is 2.33 bits per heavy atom. The molecule has 2 heterocycles. The highest BCUT2D eigenvalue weighted by Crippen LogP contribution is 2.09. The van der Waals surface area contributed by atoms with Crippen molar-refractivity contribution in [3.8, 4) is 0 Å². The lowest BCUT2D eigenvalue weighted by atomic mass is 10.1. The molecule has 5 heteroatoms. The highest BCUT2D eigenvalue weighted by atomic mass is 16.2. The van der Waals surface area contributed by atoms with Crippen LogP contribution in [0.2, 0.25) is 0 Å². The molecule has 2 rings (SSSR count). The molecule has 0 radical (unpaired) electrons. The number of likely N-dealkylation sites (N-methyl/N-ethyl adjacent to an activating group) is 1. The summed E-state index contributed by atoms with van der Waals surface area (Å²) in [6.07, 6.45) is 0.670. The lowest BCUT2D eigenvalue weighted by Crippen LogP contribution is -2.51. The molecule has 104 valence electrons. The second-order valence-corrected chi connectivity index (χ2v) is 5.52. The van der Waals surface area contributed by atoms with Crippen LogP contribution in [0.5, 0.6) is 0 Å². The minimum Gasteiger partial charge on any atom is -0.340 e. The molecule has 1 unspecified atom stereocenters. The molecule has 0 aromatic rings. The Morgan fingerprint density at radius 1 is 1.11 bits per heavy atom. The molecule has 0 spiro atoms. The Bertz CT molecular complexity index is 270. The summed E-state index contributed by atoms with van der Waals surface area (Å²) in [5.41, 5.74) is 0. The Labute approximate surface area is 110 Å². The fourth-order valence-corrected chi connectivity index (χ4v) is 2.69. The van der Waals surface area contributed by atoms with E-state index in [2.05, 4.69) is 29.1 Å². The normalized spacial score (nSPS) is 25.1. The zero-order valence-electron chi connectivity index (χ0n) is 11.7. The maximum absolute atomic E-state index is 12.2. The van der Waals surface area contributed by atoms with E-state index in [4.69, 9.17) is 0 Å². The van der Waals surface area contributed by atoms with Crippen molar-refractivity contribution in [2.24, 2.45) is 0 Å². The summed E-state index contributed by atoms with van der Waals surface area (Å²) < 4.78 is 0. The molecule has 2 fully saturated rings. The van der Waals surface area contributed by atoms with Crippen molar-refractivity contribution in [1.82, 2.24) is 20.0 Å². The molecule has 5 nitrogen and oxygen atoms in total. The predicted octanol–water partition coefficient (Wildman–Crippen LogP) is -0.556. The smallest absolute Gasteiger partial charge is 0.224 e. The van der Waals surface area contributed by atoms with Crippen molar-refractivity contribution in [2.75, 3.05) is 59.4 Å². The van der Waals surface area contributed by atoms with Gasteiger partial charge in [0.1, 0.15) is 0 Å². The van der Waals surface area contributed by atoms with E-state index in [1.54, 1.807) is 0 Å². The van der Waals surface area contributed by atoms with Crippen molar-refractivity contribution in [3.63, 3.8) is 0 Å². The van der Waals surface area contributed by atoms with Crippen LogP contribution in [0, 0.1) is 0 Å². The van der Waals surface area contributed by atoms with Gasteiger partial charge in [-0.2, -0.15) is 0 Å². The number of amides is 1. The molecule has 2 aliphatic rings. The van der Waals surface area contributed by atoms with E-state index in [1.807, 2.05) is 4.90 Å². The first-order chi connectivity index (χ1) is 8.66. The van der Waals surface area contributed by atoms with E-state index in [0.29, 0.717) is 18.4 Å². The van der Waals surface area contributed by atoms with E-state index in [9.17, 15) is 4.79 Å². The molecule has 2 aliphatic heterocycles. The highest BCUT2D eigenvalue weighted by Gasteiger charge is 2.23. The number of carbonyl (C=O) groups is 1. The van der Waals surface area contributed by atoms with Gasteiger partial charge in [0.2, 0.25) is 5.91 Å². The Morgan fingerprint density at radius 2 is 1.72 bits per heavy atom. The third-order valence-electron chi connectivity index (χ3n) is 4.10. The summed E-state index contributed by atoms with van der Waals surface area (Å²) >= 11 is 0. The third kappa shape index (κ3) is 3.67.